The zero-order valence-corrected chi connectivity index (χ0v) is 13.9. The molecule has 1 heterocycles. The first-order chi connectivity index (χ1) is 11.8. The van der Waals surface area contributed by atoms with Crippen LogP contribution in [0.1, 0.15) is 11.3 Å². The monoisotopic (exact) mass is 329 g/mol. The second-order valence-electron chi connectivity index (χ2n) is 5.85. The second kappa shape index (κ2) is 6.46. The molecule has 0 aliphatic rings. The minimum Gasteiger partial charge on any atom is -0.252 e. The highest BCUT2D eigenvalue weighted by Gasteiger charge is 2.10. The Labute approximate surface area is 146 Å². The highest BCUT2D eigenvalue weighted by atomic mass is 35.5. The van der Waals surface area contributed by atoms with Crippen LogP contribution >= 0.6 is 11.6 Å². The molecule has 3 aromatic carbocycles. The lowest BCUT2D eigenvalue weighted by atomic mass is 9.97. The summed E-state index contributed by atoms with van der Waals surface area (Å²) in [7, 11) is 0. The van der Waals surface area contributed by atoms with E-state index in [9.17, 15) is 0 Å². The van der Waals surface area contributed by atoms with Crippen molar-refractivity contribution in [3.05, 3.63) is 101 Å². The van der Waals surface area contributed by atoms with Crippen molar-refractivity contribution < 1.29 is 0 Å². The largest absolute Gasteiger partial charge is 0.252 e. The summed E-state index contributed by atoms with van der Waals surface area (Å²) in [5, 5.41) is 1.80. The van der Waals surface area contributed by atoms with Gasteiger partial charge in [0.05, 0.1) is 11.2 Å². The number of aromatic nitrogens is 1. The molecule has 0 N–H and O–H groups in total. The fourth-order valence-corrected chi connectivity index (χ4v) is 3.16. The first-order valence-electron chi connectivity index (χ1n) is 7.98. The molecule has 0 fully saturated rings. The van der Waals surface area contributed by atoms with Gasteiger partial charge < -0.3 is 0 Å². The van der Waals surface area contributed by atoms with Gasteiger partial charge in [-0.2, -0.15) is 0 Å². The first kappa shape index (κ1) is 14.9. The van der Waals surface area contributed by atoms with Gasteiger partial charge in [0, 0.05) is 22.4 Å². The molecule has 24 heavy (non-hydrogen) atoms. The summed E-state index contributed by atoms with van der Waals surface area (Å²) in [6.07, 6.45) is 0.809. The average molecular weight is 330 g/mol. The SMILES string of the molecule is Clc1ccc2nc(Cc3ccccc3)c(-c3ccccc3)cc2c1. The molecule has 4 rings (SSSR count). The maximum Gasteiger partial charge on any atom is 0.0706 e. The molecule has 116 valence electrons. The van der Waals surface area contributed by atoms with Crippen LogP contribution in [0.15, 0.2) is 84.9 Å². The van der Waals surface area contributed by atoms with Crippen LogP contribution < -0.4 is 0 Å². The Hall–Kier alpha value is -2.64. The smallest absolute Gasteiger partial charge is 0.0706 e. The van der Waals surface area contributed by atoms with E-state index in [1.54, 1.807) is 0 Å². The van der Waals surface area contributed by atoms with Gasteiger partial charge in [0.2, 0.25) is 0 Å². The van der Waals surface area contributed by atoms with Crippen LogP contribution in [0, 0.1) is 0 Å². The number of hydrogen-bond donors (Lipinski definition) is 0. The van der Waals surface area contributed by atoms with Crippen molar-refractivity contribution in [1.29, 1.82) is 0 Å². The van der Waals surface area contributed by atoms with Gasteiger partial charge in [-0.3, -0.25) is 4.98 Å². The summed E-state index contributed by atoms with van der Waals surface area (Å²) in [5.74, 6) is 0. The zero-order chi connectivity index (χ0) is 16.4. The van der Waals surface area contributed by atoms with Gasteiger partial charge in [-0.15, -0.1) is 0 Å². The third-order valence-corrected chi connectivity index (χ3v) is 4.39. The molecule has 0 bridgehead atoms. The average Bonchev–Trinajstić information content (AvgIpc) is 2.63. The van der Waals surface area contributed by atoms with E-state index in [1.807, 2.05) is 30.3 Å². The van der Waals surface area contributed by atoms with Crippen LogP contribution in [-0.2, 0) is 6.42 Å². The number of hydrogen-bond acceptors (Lipinski definition) is 1. The standard InChI is InChI=1S/C22H16ClN/c23-19-11-12-21-18(14-19)15-20(17-9-5-2-6-10-17)22(24-21)13-16-7-3-1-4-8-16/h1-12,14-15H,13H2. The van der Waals surface area contributed by atoms with Crippen molar-refractivity contribution >= 4 is 22.5 Å². The number of nitrogens with zero attached hydrogens (tertiary/aromatic N) is 1. The second-order valence-corrected chi connectivity index (χ2v) is 6.28. The number of pyridine rings is 1. The van der Waals surface area contributed by atoms with Gasteiger partial charge in [0.15, 0.2) is 0 Å². The number of halogens is 1. The number of fused-ring (bicyclic) bond motifs is 1. The van der Waals surface area contributed by atoms with Crippen LogP contribution in [-0.4, -0.2) is 4.98 Å². The number of rotatable bonds is 3. The minimum atomic E-state index is 0.735. The van der Waals surface area contributed by atoms with Gasteiger partial charge >= 0.3 is 0 Å². The zero-order valence-electron chi connectivity index (χ0n) is 13.1. The molecule has 2 heteroatoms. The van der Waals surface area contributed by atoms with E-state index in [0.717, 1.165) is 33.6 Å². The number of benzene rings is 3. The highest BCUT2D eigenvalue weighted by molar-refractivity contribution is 6.31. The van der Waals surface area contributed by atoms with Gasteiger partial charge in [-0.05, 0) is 35.4 Å². The Kier molecular flexibility index (Phi) is 4.02. The molecule has 0 spiro atoms. The van der Waals surface area contributed by atoms with Crippen molar-refractivity contribution in [3.8, 4) is 11.1 Å². The van der Waals surface area contributed by atoms with E-state index in [4.69, 9.17) is 16.6 Å². The summed E-state index contributed by atoms with van der Waals surface area (Å²) in [6.45, 7) is 0. The molecule has 0 saturated carbocycles. The van der Waals surface area contributed by atoms with Gasteiger partial charge in [-0.1, -0.05) is 72.3 Å². The molecule has 0 atom stereocenters. The van der Waals surface area contributed by atoms with Crippen molar-refractivity contribution in [1.82, 2.24) is 4.98 Å². The maximum absolute atomic E-state index is 6.16. The van der Waals surface area contributed by atoms with E-state index in [2.05, 4.69) is 54.6 Å². The fourth-order valence-electron chi connectivity index (χ4n) is 2.98. The fraction of sp³-hybridized carbons (Fsp3) is 0.0455. The predicted molar refractivity (Wildman–Crippen MR) is 101 cm³/mol. The third-order valence-electron chi connectivity index (χ3n) is 4.15. The van der Waals surface area contributed by atoms with E-state index < -0.39 is 0 Å². The molecule has 4 aromatic rings. The minimum absolute atomic E-state index is 0.735. The molecule has 0 saturated heterocycles. The van der Waals surface area contributed by atoms with Crippen molar-refractivity contribution in [2.24, 2.45) is 0 Å². The molecule has 0 unspecified atom stereocenters. The maximum atomic E-state index is 6.16. The van der Waals surface area contributed by atoms with E-state index in [-0.39, 0.29) is 0 Å². The van der Waals surface area contributed by atoms with Crippen LogP contribution in [0.2, 0.25) is 5.02 Å². The summed E-state index contributed by atoms with van der Waals surface area (Å²) in [4.78, 5) is 4.93. The van der Waals surface area contributed by atoms with Crippen LogP contribution in [0.5, 0.6) is 0 Å². The molecular formula is C22H16ClN. The normalized spacial score (nSPS) is 10.9. The van der Waals surface area contributed by atoms with Crippen LogP contribution in [0.4, 0.5) is 0 Å². The molecule has 0 amide bonds. The molecule has 1 aromatic heterocycles. The van der Waals surface area contributed by atoms with Gasteiger partial charge in [0.25, 0.3) is 0 Å². The summed E-state index contributed by atoms with van der Waals surface area (Å²) < 4.78 is 0. The molecule has 0 aliphatic heterocycles. The lowest BCUT2D eigenvalue weighted by molar-refractivity contribution is 1.10. The first-order valence-corrected chi connectivity index (χ1v) is 8.36. The molecule has 1 nitrogen and oxygen atoms in total. The van der Waals surface area contributed by atoms with Gasteiger partial charge in [-0.25, -0.2) is 0 Å². The van der Waals surface area contributed by atoms with E-state index >= 15 is 0 Å². The lowest BCUT2D eigenvalue weighted by Gasteiger charge is -2.12. The lowest BCUT2D eigenvalue weighted by Crippen LogP contribution is -1.97. The molecular weight excluding hydrogens is 314 g/mol. The van der Waals surface area contributed by atoms with Crippen molar-refractivity contribution in [3.63, 3.8) is 0 Å². The Bertz CT molecular complexity index is 979. The molecule has 0 aliphatic carbocycles. The third kappa shape index (κ3) is 3.04. The molecule has 0 radical (unpaired) electrons. The van der Waals surface area contributed by atoms with Crippen molar-refractivity contribution in [2.75, 3.05) is 0 Å². The topological polar surface area (TPSA) is 12.9 Å². The highest BCUT2D eigenvalue weighted by Crippen LogP contribution is 2.29. The predicted octanol–water partition coefficient (Wildman–Crippen LogP) is 6.15. The Balaban J connectivity index is 1.90. The summed E-state index contributed by atoms with van der Waals surface area (Å²) in [6, 6.07) is 28.9. The summed E-state index contributed by atoms with van der Waals surface area (Å²) >= 11 is 6.16. The van der Waals surface area contributed by atoms with Gasteiger partial charge in [0.1, 0.15) is 0 Å². The van der Waals surface area contributed by atoms with Crippen LogP contribution in [0.25, 0.3) is 22.0 Å². The van der Waals surface area contributed by atoms with Crippen molar-refractivity contribution in [2.45, 2.75) is 6.42 Å². The summed E-state index contributed by atoms with van der Waals surface area (Å²) in [5.41, 5.74) is 5.66. The Morgan fingerprint density at radius 2 is 1.46 bits per heavy atom. The van der Waals surface area contributed by atoms with E-state index in [1.165, 1.54) is 11.1 Å². The quantitative estimate of drug-likeness (QED) is 0.439. The van der Waals surface area contributed by atoms with E-state index in [0.29, 0.717) is 0 Å². The van der Waals surface area contributed by atoms with Crippen LogP contribution in [0.3, 0.4) is 0 Å². The Morgan fingerprint density at radius 3 is 2.21 bits per heavy atom. The Morgan fingerprint density at radius 1 is 0.750 bits per heavy atom.